The number of carbonyl (C=O) groups is 1. The molecule has 3 aromatic rings. The summed E-state index contributed by atoms with van der Waals surface area (Å²) in [6.45, 7) is 4.40. The molecule has 1 fully saturated rings. The Balaban J connectivity index is 1.54. The van der Waals surface area contributed by atoms with Crippen molar-refractivity contribution in [2.75, 3.05) is 25.5 Å². The lowest BCUT2D eigenvalue weighted by Crippen LogP contribution is -2.29. The monoisotopic (exact) mass is 359 g/mol. The third-order valence-electron chi connectivity index (χ3n) is 5.62. The fourth-order valence-electron chi connectivity index (χ4n) is 4.02. The van der Waals surface area contributed by atoms with Gasteiger partial charge in [0.2, 0.25) is 0 Å². The minimum atomic E-state index is -0.0719. The van der Waals surface area contributed by atoms with Crippen LogP contribution >= 0.6 is 0 Å². The first-order valence-electron chi connectivity index (χ1n) is 9.55. The highest BCUT2D eigenvalue weighted by molar-refractivity contribution is 6.09. The molecule has 1 aliphatic heterocycles. The lowest BCUT2D eigenvalue weighted by molar-refractivity contribution is 0.102. The third-order valence-corrected chi connectivity index (χ3v) is 5.62. The Bertz CT molecular complexity index is 969. The molecule has 1 aromatic heterocycles. The Kier molecular flexibility index (Phi) is 4.90. The molecule has 1 aliphatic rings. The van der Waals surface area contributed by atoms with Crippen molar-refractivity contribution in [2.24, 2.45) is 0 Å². The molecule has 1 saturated heterocycles. The van der Waals surface area contributed by atoms with Gasteiger partial charge in [-0.1, -0.05) is 18.2 Å². The number of hydrogen-bond donors (Lipinski definition) is 1. The molecule has 0 radical (unpaired) electrons. The summed E-state index contributed by atoms with van der Waals surface area (Å²) in [7, 11) is 2.18. The maximum Gasteiger partial charge on any atom is 0.255 e. The zero-order valence-electron chi connectivity index (χ0n) is 15.9. The van der Waals surface area contributed by atoms with Crippen LogP contribution in [0.1, 0.15) is 40.2 Å². The Hall–Kier alpha value is -2.72. The highest BCUT2D eigenvalue weighted by atomic mass is 16.1. The van der Waals surface area contributed by atoms with Crippen molar-refractivity contribution in [3.8, 4) is 0 Å². The highest BCUT2D eigenvalue weighted by Gasteiger charge is 2.20. The molecule has 4 nitrogen and oxygen atoms in total. The van der Waals surface area contributed by atoms with Gasteiger partial charge in [0.15, 0.2) is 0 Å². The largest absolute Gasteiger partial charge is 0.321 e. The summed E-state index contributed by atoms with van der Waals surface area (Å²) < 4.78 is 0. The summed E-state index contributed by atoms with van der Waals surface area (Å²) in [6.07, 6.45) is 5.93. The molecule has 0 atom stereocenters. The first-order chi connectivity index (χ1) is 13.1. The average molecular weight is 359 g/mol. The van der Waals surface area contributed by atoms with Gasteiger partial charge in [-0.3, -0.25) is 9.78 Å². The lowest BCUT2D eigenvalue weighted by atomic mass is 9.86. The number of fused-ring (bicyclic) bond motifs is 1. The first-order valence-corrected chi connectivity index (χ1v) is 9.55. The number of nitrogens with zero attached hydrogens (tertiary/aromatic N) is 2. The van der Waals surface area contributed by atoms with Crippen LogP contribution in [0.25, 0.3) is 10.8 Å². The molecular formula is C23H25N3O. The van der Waals surface area contributed by atoms with Gasteiger partial charge in [0, 0.05) is 34.4 Å². The molecule has 4 rings (SSSR count). The van der Waals surface area contributed by atoms with Gasteiger partial charge in [-0.05, 0) is 81.2 Å². The summed E-state index contributed by atoms with van der Waals surface area (Å²) >= 11 is 0. The van der Waals surface area contributed by atoms with Gasteiger partial charge in [0.1, 0.15) is 0 Å². The summed E-state index contributed by atoms with van der Waals surface area (Å²) in [5.74, 6) is 0.529. The van der Waals surface area contributed by atoms with E-state index in [1.54, 1.807) is 6.20 Å². The van der Waals surface area contributed by atoms with Crippen molar-refractivity contribution < 1.29 is 4.79 Å². The normalized spacial score (nSPS) is 15.8. The maximum atomic E-state index is 12.8. The molecule has 138 valence electrons. The van der Waals surface area contributed by atoms with Gasteiger partial charge in [0.05, 0.1) is 0 Å². The van der Waals surface area contributed by atoms with E-state index < -0.39 is 0 Å². The van der Waals surface area contributed by atoms with E-state index in [4.69, 9.17) is 0 Å². The number of benzene rings is 2. The Labute approximate surface area is 160 Å². The van der Waals surface area contributed by atoms with E-state index in [0.717, 1.165) is 29.5 Å². The summed E-state index contributed by atoms with van der Waals surface area (Å²) in [6, 6.07) is 13.9. The van der Waals surface area contributed by atoms with Crippen molar-refractivity contribution in [1.82, 2.24) is 9.88 Å². The standard InChI is InChI=1S/C23H25N3O/c1-16-14-18(6-7-20(16)17-9-12-26(2)13-10-17)23(27)25-22-5-3-4-19-15-24-11-8-21(19)22/h3-8,11,14-15,17H,9-10,12-13H2,1-2H3,(H,25,27). The van der Waals surface area contributed by atoms with E-state index in [-0.39, 0.29) is 5.91 Å². The van der Waals surface area contributed by atoms with Crippen molar-refractivity contribution in [3.05, 3.63) is 71.5 Å². The molecule has 0 aliphatic carbocycles. The van der Waals surface area contributed by atoms with Crippen molar-refractivity contribution in [3.63, 3.8) is 0 Å². The van der Waals surface area contributed by atoms with Gasteiger partial charge < -0.3 is 10.2 Å². The number of nitrogens with one attached hydrogen (secondary N) is 1. The van der Waals surface area contributed by atoms with E-state index in [1.807, 2.05) is 42.6 Å². The summed E-state index contributed by atoms with van der Waals surface area (Å²) in [5, 5.41) is 5.08. The molecule has 27 heavy (non-hydrogen) atoms. The molecule has 0 saturated carbocycles. The molecule has 0 spiro atoms. The van der Waals surface area contributed by atoms with Crippen LogP contribution in [-0.4, -0.2) is 35.9 Å². The number of amides is 1. The number of likely N-dealkylation sites (tertiary alicyclic amines) is 1. The third kappa shape index (κ3) is 3.71. The van der Waals surface area contributed by atoms with E-state index in [1.165, 1.54) is 24.0 Å². The van der Waals surface area contributed by atoms with Crippen LogP contribution in [0.4, 0.5) is 5.69 Å². The zero-order chi connectivity index (χ0) is 18.8. The molecular weight excluding hydrogens is 334 g/mol. The van der Waals surface area contributed by atoms with Crippen LogP contribution in [0.5, 0.6) is 0 Å². The molecule has 0 unspecified atom stereocenters. The average Bonchev–Trinajstić information content (AvgIpc) is 2.69. The van der Waals surface area contributed by atoms with E-state index in [9.17, 15) is 4.79 Å². The molecule has 2 heterocycles. The van der Waals surface area contributed by atoms with Gasteiger partial charge >= 0.3 is 0 Å². The predicted octanol–water partition coefficient (Wildman–Crippen LogP) is 4.60. The SMILES string of the molecule is Cc1cc(C(=O)Nc2cccc3cnccc23)ccc1C1CCN(C)CC1. The summed E-state index contributed by atoms with van der Waals surface area (Å²) in [5.41, 5.74) is 4.11. The Morgan fingerprint density at radius 3 is 2.74 bits per heavy atom. The van der Waals surface area contributed by atoms with Gasteiger partial charge in [-0.25, -0.2) is 0 Å². The number of pyridine rings is 1. The topological polar surface area (TPSA) is 45.2 Å². The Morgan fingerprint density at radius 2 is 1.96 bits per heavy atom. The molecule has 2 aromatic carbocycles. The van der Waals surface area contributed by atoms with Crippen molar-refractivity contribution in [1.29, 1.82) is 0 Å². The number of anilines is 1. The van der Waals surface area contributed by atoms with E-state index in [2.05, 4.69) is 35.2 Å². The second-order valence-electron chi connectivity index (χ2n) is 7.51. The molecule has 1 amide bonds. The first kappa shape index (κ1) is 17.7. The smallest absolute Gasteiger partial charge is 0.255 e. The quantitative estimate of drug-likeness (QED) is 0.743. The van der Waals surface area contributed by atoms with Crippen LogP contribution in [0.2, 0.25) is 0 Å². The fourth-order valence-corrected chi connectivity index (χ4v) is 4.02. The minimum Gasteiger partial charge on any atom is -0.321 e. The number of piperidine rings is 1. The highest BCUT2D eigenvalue weighted by Crippen LogP contribution is 2.30. The predicted molar refractivity (Wildman–Crippen MR) is 110 cm³/mol. The van der Waals surface area contributed by atoms with Crippen molar-refractivity contribution >= 4 is 22.4 Å². The molecule has 4 heteroatoms. The van der Waals surface area contributed by atoms with Gasteiger partial charge in [-0.15, -0.1) is 0 Å². The van der Waals surface area contributed by atoms with Crippen LogP contribution in [-0.2, 0) is 0 Å². The van der Waals surface area contributed by atoms with Crippen LogP contribution in [0, 0.1) is 6.92 Å². The van der Waals surface area contributed by atoms with Gasteiger partial charge in [0.25, 0.3) is 5.91 Å². The summed E-state index contributed by atoms with van der Waals surface area (Å²) in [4.78, 5) is 19.3. The van der Waals surface area contributed by atoms with Crippen LogP contribution < -0.4 is 5.32 Å². The second kappa shape index (κ2) is 7.49. The van der Waals surface area contributed by atoms with Crippen LogP contribution in [0.3, 0.4) is 0 Å². The van der Waals surface area contributed by atoms with Crippen molar-refractivity contribution in [2.45, 2.75) is 25.7 Å². The number of aryl methyl sites for hydroxylation is 1. The van der Waals surface area contributed by atoms with E-state index in [0.29, 0.717) is 11.5 Å². The maximum absolute atomic E-state index is 12.8. The number of rotatable bonds is 3. The van der Waals surface area contributed by atoms with E-state index >= 15 is 0 Å². The second-order valence-corrected chi connectivity index (χ2v) is 7.51. The minimum absolute atomic E-state index is 0.0719. The van der Waals surface area contributed by atoms with Gasteiger partial charge in [-0.2, -0.15) is 0 Å². The number of aromatic nitrogens is 1. The lowest BCUT2D eigenvalue weighted by Gasteiger charge is -2.30. The fraction of sp³-hybridized carbons (Fsp3) is 0.304. The molecule has 0 bridgehead atoms. The van der Waals surface area contributed by atoms with Crippen LogP contribution in [0.15, 0.2) is 54.9 Å². The Morgan fingerprint density at radius 1 is 1.15 bits per heavy atom. The number of hydrogen-bond acceptors (Lipinski definition) is 3. The molecule has 1 N–H and O–H groups in total. The zero-order valence-corrected chi connectivity index (χ0v) is 15.9. The number of carbonyl (C=O) groups excluding carboxylic acids is 1.